The Balaban J connectivity index is 1.57. The van der Waals surface area contributed by atoms with Gasteiger partial charge in [0.05, 0.1) is 19.0 Å². The molecule has 162 valence electrons. The van der Waals surface area contributed by atoms with Gasteiger partial charge in [-0.2, -0.15) is 4.98 Å². The first kappa shape index (κ1) is 20.7. The number of anilines is 3. The molecule has 10 heteroatoms. The standard InChI is InChI=1S/C21H24FN7O2/c1-28-8-6-16-14(12-28)9-17(19(25-16)31-3)26-21-24-11-15(22)18(27-21)23-10-13-5-4-7-29(2)20(13)30/h4-5,7,9,11H,6,8,10,12H2,1-3H3,(H2,23,24,26,27). The van der Waals surface area contributed by atoms with Gasteiger partial charge in [-0.15, -0.1) is 0 Å². The van der Waals surface area contributed by atoms with Crippen molar-refractivity contribution < 1.29 is 9.13 Å². The zero-order chi connectivity index (χ0) is 22.0. The third kappa shape index (κ3) is 4.48. The van der Waals surface area contributed by atoms with Gasteiger partial charge in [0.2, 0.25) is 11.8 Å². The van der Waals surface area contributed by atoms with E-state index < -0.39 is 5.82 Å². The van der Waals surface area contributed by atoms with Gasteiger partial charge in [-0.05, 0) is 24.7 Å². The molecule has 0 spiro atoms. The first-order valence-electron chi connectivity index (χ1n) is 9.88. The maximum atomic E-state index is 14.3. The SMILES string of the molecule is COc1nc2c(cc1Nc1ncc(F)c(NCc3cccn(C)c3=O)n1)CN(C)CC2. The van der Waals surface area contributed by atoms with Gasteiger partial charge >= 0.3 is 0 Å². The molecule has 0 radical (unpaired) electrons. The van der Waals surface area contributed by atoms with E-state index >= 15 is 0 Å². The number of nitrogens with one attached hydrogen (secondary N) is 2. The summed E-state index contributed by atoms with van der Waals surface area (Å²) in [5.41, 5.74) is 3.05. The third-order valence-corrected chi connectivity index (χ3v) is 5.16. The average Bonchev–Trinajstić information content (AvgIpc) is 2.76. The second-order valence-electron chi connectivity index (χ2n) is 7.46. The molecule has 0 aromatic carbocycles. The summed E-state index contributed by atoms with van der Waals surface area (Å²) in [7, 11) is 5.27. The fourth-order valence-corrected chi connectivity index (χ4v) is 3.48. The van der Waals surface area contributed by atoms with Crippen LogP contribution in [0.3, 0.4) is 0 Å². The second-order valence-corrected chi connectivity index (χ2v) is 7.46. The molecule has 3 aromatic heterocycles. The van der Waals surface area contributed by atoms with Crippen molar-refractivity contribution >= 4 is 17.5 Å². The molecule has 0 amide bonds. The number of aromatic nitrogens is 4. The van der Waals surface area contributed by atoms with Gasteiger partial charge in [0, 0.05) is 44.9 Å². The van der Waals surface area contributed by atoms with E-state index in [4.69, 9.17) is 4.74 Å². The summed E-state index contributed by atoms with van der Waals surface area (Å²) in [6.45, 7) is 1.86. The molecule has 1 aliphatic heterocycles. The summed E-state index contributed by atoms with van der Waals surface area (Å²) in [6, 6.07) is 5.41. The highest BCUT2D eigenvalue weighted by molar-refractivity contribution is 5.62. The topological polar surface area (TPSA) is 97.2 Å². The van der Waals surface area contributed by atoms with E-state index in [9.17, 15) is 9.18 Å². The van der Waals surface area contributed by atoms with E-state index in [2.05, 4.69) is 37.5 Å². The Bertz CT molecular complexity index is 1160. The zero-order valence-corrected chi connectivity index (χ0v) is 17.6. The van der Waals surface area contributed by atoms with Crippen molar-refractivity contribution in [1.82, 2.24) is 24.4 Å². The van der Waals surface area contributed by atoms with Gasteiger partial charge in [0.25, 0.3) is 5.56 Å². The van der Waals surface area contributed by atoms with Crippen molar-refractivity contribution in [2.45, 2.75) is 19.5 Å². The monoisotopic (exact) mass is 425 g/mol. The minimum atomic E-state index is -0.615. The van der Waals surface area contributed by atoms with Gasteiger partial charge in [-0.25, -0.2) is 14.4 Å². The maximum Gasteiger partial charge on any atom is 0.255 e. The Morgan fingerprint density at radius 1 is 1.29 bits per heavy atom. The molecule has 0 atom stereocenters. The summed E-state index contributed by atoms with van der Waals surface area (Å²) in [5, 5.41) is 5.95. The second kappa shape index (κ2) is 8.68. The number of methoxy groups -OCH3 is 1. The van der Waals surface area contributed by atoms with Crippen LogP contribution in [-0.2, 0) is 26.6 Å². The summed E-state index contributed by atoms with van der Waals surface area (Å²) in [5.74, 6) is -0.00363. The molecule has 0 saturated carbocycles. The highest BCUT2D eigenvalue weighted by atomic mass is 19.1. The molecule has 0 saturated heterocycles. The van der Waals surface area contributed by atoms with Crippen molar-refractivity contribution in [1.29, 1.82) is 0 Å². The lowest BCUT2D eigenvalue weighted by Crippen LogP contribution is -2.27. The lowest BCUT2D eigenvalue weighted by Gasteiger charge is -2.25. The minimum absolute atomic E-state index is 0.00646. The van der Waals surface area contributed by atoms with E-state index in [0.717, 1.165) is 37.0 Å². The molecule has 3 aromatic rings. The Labute approximate surface area is 178 Å². The Morgan fingerprint density at radius 3 is 2.94 bits per heavy atom. The van der Waals surface area contributed by atoms with E-state index in [0.29, 0.717) is 17.1 Å². The largest absolute Gasteiger partial charge is 0.480 e. The van der Waals surface area contributed by atoms with Crippen molar-refractivity contribution in [2.24, 2.45) is 7.05 Å². The van der Waals surface area contributed by atoms with Crippen LogP contribution in [0.5, 0.6) is 5.88 Å². The normalized spacial score (nSPS) is 13.5. The van der Waals surface area contributed by atoms with E-state index in [-0.39, 0.29) is 23.9 Å². The fraction of sp³-hybridized carbons (Fsp3) is 0.333. The number of aryl methyl sites for hydroxylation is 1. The van der Waals surface area contributed by atoms with Crippen LogP contribution in [0.2, 0.25) is 0 Å². The van der Waals surface area contributed by atoms with E-state index in [1.165, 1.54) is 4.57 Å². The van der Waals surface area contributed by atoms with Crippen LogP contribution in [-0.4, -0.2) is 45.1 Å². The molecule has 0 aliphatic carbocycles. The van der Waals surface area contributed by atoms with Crippen LogP contribution < -0.4 is 20.9 Å². The molecule has 0 bridgehead atoms. The first-order valence-corrected chi connectivity index (χ1v) is 9.88. The Hall–Kier alpha value is -3.53. The summed E-state index contributed by atoms with van der Waals surface area (Å²) >= 11 is 0. The quantitative estimate of drug-likeness (QED) is 0.620. The van der Waals surface area contributed by atoms with Gasteiger partial charge in [0.1, 0.15) is 5.69 Å². The number of pyridine rings is 2. The summed E-state index contributed by atoms with van der Waals surface area (Å²) in [6.07, 6.45) is 3.59. The third-order valence-electron chi connectivity index (χ3n) is 5.16. The number of fused-ring (bicyclic) bond motifs is 1. The molecular weight excluding hydrogens is 401 g/mol. The molecule has 4 rings (SSSR count). The van der Waals surface area contributed by atoms with Crippen LogP contribution in [0.1, 0.15) is 16.8 Å². The molecule has 4 heterocycles. The van der Waals surface area contributed by atoms with Crippen LogP contribution >= 0.6 is 0 Å². The lowest BCUT2D eigenvalue weighted by atomic mass is 10.1. The number of nitrogens with zero attached hydrogens (tertiary/aromatic N) is 5. The molecule has 1 aliphatic rings. The molecule has 2 N–H and O–H groups in total. The van der Waals surface area contributed by atoms with Gasteiger partial charge < -0.3 is 24.8 Å². The summed E-state index contributed by atoms with van der Waals surface area (Å²) in [4.78, 5) is 27.2. The predicted octanol–water partition coefficient (Wildman–Crippen LogP) is 2.06. The van der Waals surface area contributed by atoms with E-state index in [1.807, 2.05) is 6.07 Å². The Morgan fingerprint density at radius 2 is 2.13 bits per heavy atom. The number of ether oxygens (including phenoxy) is 1. The molecule has 0 unspecified atom stereocenters. The lowest BCUT2D eigenvalue weighted by molar-refractivity contribution is 0.307. The number of hydrogen-bond acceptors (Lipinski definition) is 8. The highest BCUT2D eigenvalue weighted by Crippen LogP contribution is 2.30. The molecule has 31 heavy (non-hydrogen) atoms. The smallest absolute Gasteiger partial charge is 0.255 e. The van der Waals surface area contributed by atoms with Crippen LogP contribution in [0.25, 0.3) is 0 Å². The maximum absolute atomic E-state index is 14.3. The van der Waals surface area contributed by atoms with Crippen molar-refractivity contribution in [3.05, 3.63) is 63.6 Å². The van der Waals surface area contributed by atoms with E-state index in [1.54, 1.807) is 32.5 Å². The Kier molecular flexibility index (Phi) is 5.81. The summed E-state index contributed by atoms with van der Waals surface area (Å²) < 4.78 is 21.2. The fourth-order valence-electron chi connectivity index (χ4n) is 3.48. The molecular formula is C21H24FN7O2. The number of rotatable bonds is 6. The number of halogens is 1. The van der Waals surface area contributed by atoms with Crippen molar-refractivity contribution in [3.63, 3.8) is 0 Å². The van der Waals surface area contributed by atoms with Crippen LogP contribution in [0, 0.1) is 5.82 Å². The van der Waals surface area contributed by atoms with Crippen molar-refractivity contribution in [3.8, 4) is 5.88 Å². The van der Waals surface area contributed by atoms with Gasteiger partial charge in [-0.1, -0.05) is 6.07 Å². The average molecular weight is 425 g/mol. The van der Waals surface area contributed by atoms with Gasteiger partial charge in [0.15, 0.2) is 11.6 Å². The highest BCUT2D eigenvalue weighted by Gasteiger charge is 2.19. The first-order chi connectivity index (χ1) is 14.9. The number of likely N-dealkylation sites (N-methyl/N-ethyl adjacent to an activating group) is 1. The minimum Gasteiger partial charge on any atom is -0.480 e. The molecule has 9 nitrogen and oxygen atoms in total. The van der Waals surface area contributed by atoms with Crippen molar-refractivity contribution in [2.75, 3.05) is 31.3 Å². The predicted molar refractivity (Wildman–Crippen MR) is 115 cm³/mol. The molecule has 0 fully saturated rings. The van der Waals surface area contributed by atoms with Gasteiger partial charge in [-0.3, -0.25) is 4.79 Å². The van der Waals surface area contributed by atoms with Crippen LogP contribution in [0.4, 0.5) is 21.8 Å². The zero-order valence-electron chi connectivity index (χ0n) is 17.6. The number of hydrogen-bond donors (Lipinski definition) is 2. The van der Waals surface area contributed by atoms with Crippen LogP contribution in [0.15, 0.2) is 35.4 Å².